The van der Waals surface area contributed by atoms with Gasteiger partial charge in [0.05, 0.1) is 5.41 Å². The molecule has 0 aliphatic heterocycles. The molecule has 1 unspecified atom stereocenters. The van der Waals surface area contributed by atoms with E-state index in [1.807, 2.05) is 76.2 Å². The Bertz CT molecular complexity index is 802. The second kappa shape index (κ2) is 7.74. The minimum absolute atomic E-state index is 0.217. The van der Waals surface area contributed by atoms with Crippen molar-refractivity contribution < 1.29 is 9.53 Å². The van der Waals surface area contributed by atoms with Gasteiger partial charge in [-0.05, 0) is 43.9 Å². The van der Waals surface area contributed by atoms with Crippen LogP contribution in [-0.2, 0) is 15.1 Å². The van der Waals surface area contributed by atoms with Gasteiger partial charge in [-0.3, -0.25) is 4.79 Å². The maximum absolute atomic E-state index is 12.9. The fourth-order valence-corrected chi connectivity index (χ4v) is 2.90. The molecule has 0 saturated heterocycles. The van der Waals surface area contributed by atoms with Crippen LogP contribution in [0.4, 0.5) is 0 Å². The molecule has 2 rings (SSSR count). The van der Waals surface area contributed by atoms with Crippen LogP contribution in [0.25, 0.3) is 12.2 Å². The van der Waals surface area contributed by atoms with Gasteiger partial charge in [0, 0.05) is 5.56 Å². The van der Waals surface area contributed by atoms with Crippen LogP contribution < -0.4 is 0 Å². The number of esters is 1. The van der Waals surface area contributed by atoms with Gasteiger partial charge in [0.2, 0.25) is 0 Å². The first-order valence-corrected chi connectivity index (χ1v) is 8.97. The van der Waals surface area contributed by atoms with E-state index in [4.69, 9.17) is 4.74 Å². The van der Waals surface area contributed by atoms with Crippen molar-refractivity contribution in [2.24, 2.45) is 5.41 Å². The Kier molecular flexibility index (Phi) is 5.86. The van der Waals surface area contributed by atoms with E-state index in [1.54, 1.807) is 12.2 Å². The van der Waals surface area contributed by atoms with Crippen LogP contribution in [0.1, 0.15) is 56.4 Å². The number of hydrogen-bond donors (Lipinski definition) is 0. The van der Waals surface area contributed by atoms with Crippen molar-refractivity contribution in [2.75, 3.05) is 0 Å². The summed E-state index contributed by atoms with van der Waals surface area (Å²) in [4.78, 5) is 12.9. The van der Waals surface area contributed by atoms with Gasteiger partial charge in [-0.25, -0.2) is 0 Å². The first-order valence-electron chi connectivity index (χ1n) is 8.97. The molecule has 136 valence electrons. The molecule has 0 heterocycles. The number of ether oxygens (including phenoxy) is 1. The zero-order chi connectivity index (χ0) is 19.4. The third-order valence-electron chi connectivity index (χ3n) is 5.14. The van der Waals surface area contributed by atoms with Crippen LogP contribution in [0.5, 0.6) is 0 Å². The standard InChI is InChI=1S/C24H28O2/c1-7-18-14-13-17-21(20(18)8-2)24(6,19-15-11-10-12-16-19)26-22(25)23(4,5)9-3/h7-8,10-17H,1-2,9H2,3-6H3. The van der Waals surface area contributed by atoms with Gasteiger partial charge >= 0.3 is 5.97 Å². The minimum Gasteiger partial charge on any atom is -0.449 e. The Balaban J connectivity index is 2.69. The first-order chi connectivity index (χ1) is 12.3. The predicted molar refractivity (Wildman–Crippen MR) is 110 cm³/mol. The molecule has 0 radical (unpaired) electrons. The van der Waals surface area contributed by atoms with Crippen LogP contribution in [0, 0.1) is 5.41 Å². The number of carbonyl (C=O) groups is 1. The molecule has 0 saturated carbocycles. The second-order valence-electron chi connectivity index (χ2n) is 7.24. The van der Waals surface area contributed by atoms with E-state index in [9.17, 15) is 4.79 Å². The Morgan fingerprint density at radius 2 is 1.65 bits per heavy atom. The highest BCUT2D eigenvalue weighted by atomic mass is 16.6. The van der Waals surface area contributed by atoms with Gasteiger partial charge in [-0.2, -0.15) is 0 Å². The van der Waals surface area contributed by atoms with Gasteiger partial charge < -0.3 is 4.74 Å². The Morgan fingerprint density at radius 1 is 1.00 bits per heavy atom. The first kappa shape index (κ1) is 19.7. The van der Waals surface area contributed by atoms with Crippen LogP contribution in [0.2, 0.25) is 0 Å². The van der Waals surface area contributed by atoms with Gasteiger partial charge in [0.1, 0.15) is 0 Å². The number of carbonyl (C=O) groups excluding carboxylic acids is 1. The normalized spacial score (nSPS) is 13.5. The van der Waals surface area contributed by atoms with Crippen LogP contribution >= 0.6 is 0 Å². The summed E-state index contributed by atoms with van der Waals surface area (Å²) in [6.07, 6.45) is 4.30. The van der Waals surface area contributed by atoms with E-state index < -0.39 is 11.0 Å². The molecule has 26 heavy (non-hydrogen) atoms. The third kappa shape index (κ3) is 3.65. The third-order valence-corrected chi connectivity index (χ3v) is 5.14. The highest BCUT2D eigenvalue weighted by molar-refractivity contribution is 5.77. The lowest BCUT2D eigenvalue weighted by atomic mass is 9.82. The molecule has 0 fully saturated rings. The molecule has 0 aliphatic carbocycles. The summed E-state index contributed by atoms with van der Waals surface area (Å²) in [5, 5.41) is 0. The van der Waals surface area contributed by atoms with E-state index in [2.05, 4.69) is 13.2 Å². The second-order valence-corrected chi connectivity index (χ2v) is 7.24. The monoisotopic (exact) mass is 348 g/mol. The molecular weight excluding hydrogens is 320 g/mol. The molecular formula is C24H28O2. The van der Waals surface area contributed by atoms with Crippen molar-refractivity contribution in [3.05, 3.63) is 83.9 Å². The van der Waals surface area contributed by atoms with Gasteiger partial charge in [-0.1, -0.05) is 80.8 Å². The maximum atomic E-state index is 12.9. The fraction of sp³-hybridized carbons (Fsp3) is 0.292. The summed E-state index contributed by atoms with van der Waals surface area (Å²) >= 11 is 0. The lowest BCUT2D eigenvalue weighted by Gasteiger charge is -2.35. The Labute approximate surface area is 157 Å². The van der Waals surface area contributed by atoms with E-state index in [0.29, 0.717) is 6.42 Å². The summed E-state index contributed by atoms with van der Waals surface area (Å²) in [5.74, 6) is -0.217. The Hall–Kier alpha value is -2.61. The summed E-state index contributed by atoms with van der Waals surface area (Å²) < 4.78 is 6.19. The summed E-state index contributed by atoms with van der Waals surface area (Å²) in [6, 6.07) is 15.8. The predicted octanol–water partition coefficient (Wildman–Crippen LogP) is 6.22. The largest absolute Gasteiger partial charge is 0.449 e. The van der Waals surface area contributed by atoms with Crippen molar-refractivity contribution in [1.29, 1.82) is 0 Å². The lowest BCUT2D eigenvalue weighted by molar-refractivity contribution is -0.166. The maximum Gasteiger partial charge on any atom is 0.312 e. The van der Waals surface area contributed by atoms with Crippen LogP contribution in [0.15, 0.2) is 61.7 Å². The van der Waals surface area contributed by atoms with Crippen molar-refractivity contribution in [1.82, 2.24) is 0 Å². The number of benzene rings is 2. The summed E-state index contributed by atoms with van der Waals surface area (Å²) in [5.41, 5.74) is 2.23. The zero-order valence-electron chi connectivity index (χ0n) is 16.2. The van der Waals surface area contributed by atoms with E-state index >= 15 is 0 Å². The van der Waals surface area contributed by atoms with Gasteiger partial charge in [-0.15, -0.1) is 0 Å². The summed E-state index contributed by atoms with van der Waals surface area (Å²) in [6.45, 7) is 15.6. The van der Waals surface area contributed by atoms with Crippen LogP contribution in [0.3, 0.4) is 0 Å². The van der Waals surface area contributed by atoms with Gasteiger partial charge in [0.25, 0.3) is 0 Å². The average Bonchev–Trinajstić information content (AvgIpc) is 2.67. The molecule has 2 heteroatoms. The van der Waals surface area contributed by atoms with E-state index in [0.717, 1.165) is 22.3 Å². The number of hydrogen-bond acceptors (Lipinski definition) is 2. The fourth-order valence-electron chi connectivity index (χ4n) is 2.90. The summed E-state index contributed by atoms with van der Waals surface area (Å²) in [7, 11) is 0. The molecule has 0 amide bonds. The van der Waals surface area contributed by atoms with Crippen molar-refractivity contribution in [2.45, 2.75) is 39.7 Å². The Morgan fingerprint density at radius 3 is 2.19 bits per heavy atom. The molecule has 2 aromatic rings. The van der Waals surface area contributed by atoms with Crippen molar-refractivity contribution in [3.8, 4) is 0 Å². The van der Waals surface area contributed by atoms with Crippen molar-refractivity contribution >= 4 is 18.1 Å². The SMILES string of the molecule is C=Cc1cccc(C(C)(OC(=O)C(C)(C)CC)c2ccccc2)c1C=C. The topological polar surface area (TPSA) is 26.3 Å². The highest BCUT2D eigenvalue weighted by Crippen LogP contribution is 2.39. The molecule has 0 aliphatic rings. The molecule has 2 aromatic carbocycles. The van der Waals surface area contributed by atoms with Crippen molar-refractivity contribution in [3.63, 3.8) is 0 Å². The molecule has 0 spiro atoms. The van der Waals surface area contributed by atoms with E-state index in [-0.39, 0.29) is 5.97 Å². The smallest absolute Gasteiger partial charge is 0.312 e. The highest BCUT2D eigenvalue weighted by Gasteiger charge is 2.39. The lowest BCUT2D eigenvalue weighted by Crippen LogP contribution is -2.37. The molecule has 1 atom stereocenters. The average molecular weight is 348 g/mol. The number of rotatable bonds is 7. The molecule has 0 aromatic heterocycles. The molecule has 0 bridgehead atoms. The molecule has 2 nitrogen and oxygen atoms in total. The minimum atomic E-state index is -0.923. The quantitative estimate of drug-likeness (QED) is 0.556. The van der Waals surface area contributed by atoms with Gasteiger partial charge in [0.15, 0.2) is 5.60 Å². The van der Waals surface area contributed by atoms with Crippen LogP contribution in [-0.4, -0.2) is 5.97 Å². The molecule has 0 N–H and O–H groups in total. The van der Waals surface area contributed by atoms with E-state index in [1.165, 1.54) is 0 Å². The zero-order valence-corrected chi connectivity index (χ0v) is 16.2.